The highest BCUT2D eigenvalue weighted by Gasteiger charge is 2.40. The Kier molecular flexibility index (Phi) is 10.4. The molecule has 222 valence electrons. The average Bonchev–Trinajstić information content (AvgIpc) is 2.85. The van der Waals surface area contributed by atoms with Crippen LogP contribution < -0.4 is 10.6 Å². The quantitative estimate of drug-likeness (QED) is 0.175. The van der Waals surface area contributed by atoms with Crippen molar-refractivity contribution in [2.45, 2.75) is 77.2 Å². The van der Waals surface area contributed by atoms with Crippen molar-refractivity contribution in [1.82, 2.24) is 10.6 Å². The number of halogens is 1. The molecular weight excluding hydrogens is 535 g/mol. The molecule has 4 N–H and O–H groups in total. The van der Waals surface area contributed by atoms with Crippen molar-refractivity contribution < 1.29 is 23.8 Å². The lowest BCUT2D eigenvalue weighted by atomic mass is 9.93. The Morgan fingerprint density at radius 2 is 1.56 bits per heavy atom. The highest BCUT2D eigenvalue weighted by Crippen LogP contribution is 2.40. The predicted molar refractivity (Wildman–Crippen MR) is 165 cm³/mol. The molecule has 0 bridgehead atoms. The third-order valence-electron chi connectivity index (χ3n) is 7.73. The standard InChI is InChI=1S/C33H45FN2O4Si/c1-32(2,3)41(6,7)40-30(26-18-28(37)20-29(38)19-26)22-36-33(4,5)21-24-11-8-12-25(16-24)31(39)35-15-14-23-10-9-13-27(34)17-23/h8-13,16-20,30,36-38H,14-15,21-22H2,1-7H3,(H,35,39). The zero-order valence-corrected chi connectivity index (χ0v) is 26.3. The molecule has 0 radical (unpaired) electrons. The van der Waals surface area contributed by atoms with Crippen LogP contribution in [-0.4, -0.2) is 43.1 Å². The van der Waals surface area contributed by atoms with Crippen LogP contribution in [0.4, 0.5) is 4.39 Å². The highest BCUT2D eigenvalue weighted by atomic mass is 28.4. The van der Waals surface area contributed by atoms with Crippen LogP contribution in [0.3, 0.4) is 0 Å². The fourth-order valence-corrected chi connectivity index (χ4v) is 5.73. The summed E-state index contributed by atoms with van der Waals surface area (Å²) in [6, 6.07) is 18.6. The lowest BCUT2D eigenvalue weighted by Gasteiger charge is -2.40. The summed E-state index contributed by atoms with van der Waals surface area (Å²) in [5, 5.41) is 26.8. The van der Waals surface area contributed by atoms with Crippen molar-refractivity contribution in [2.24, 2.45) is 0 Å². The van der Waals surface area contributed by atoms with Gasteiger partial charge in [0.2, 0.25) is 0 Å². The monoisotopic (exact) mass is 580 g/mol. The van der Waals surface area contributed by atoms with E-state index in [1.54, 1.807) is 24.3 Å². The molecule has 3 rings (SSSR count). The molecule has 0 aliphatic heterocycles. The van der Waals surface area contributed by atoms with Crippen LogP contribution in [0, 0.1) is 5.82 Å². The van der Waals surface area contributed by atoms with Crippen LogP contribution >= 0.6 is 0 Å². The van der Waals surface area contributed by atoms with Gasteiger partial charge in [0.25, 0.3) is 5.91 Å². The number of hydrogen-bond acceptors (Lipinski definition) is 5. The Morgan fingerprint density at radius 1 is 0.927 bits per heavy atom. The first-order valence-electron chi connectivity index (χ1n) is 14.1. The summed E-state index contributed by atoms with van der Waals surface area (Å²) in [6.45, 7) is 16.0. The van der Waals surface area contributed by atoms with Gasteiger partial charge in [0.15, 0.2) is 8.32 Å². The molecule has 6 nitrogen and oxygen atoms in total. The predicted octanol–water partition coefficient (Wildman–Crippen LogP) is 6.88. The lowest BCUT2D eigenvalue weighted by Crippen LogP contribution is -2.47. The van der Waals surface area contributed by atoms with Crippen LogP contribution in [0.25, 0.3) is 0 Å². The van der Waals surface area contributed by atoms with E-state index in [9.17, 15) is 19.4 Å². The van der Waals surface area contributed by atoms with Crippen molar-refractivity contribution in [3.05, 3.63) is 94.8 Å². The van der Waals surface area contributed by atoms with Crippen LogP contribution in [-0.2, 0) is 17.3 Å². The number of carbonyl (C=O) groups is 1. The third-order valence-corrected chi connectivity index (χ3v) is 12.2. The number of amides is 1. The van der Waals surface area contributed by atoms with E-state index in [1.807, 2.05) is 24.3 Å². The van der Waals surface area contributed by atoms with Gasteiger partial charge in [-0.1, -0.05) is 45.0 Å². The van der Waals surface area contributed by atoms with Gasteiger partial charge >= 0.3 is 0 Å². The fraction of sp³-hybridized carbons (Fsp3) is 0.424. The Hall–Kier alpha value is -3.20. The van der Waals surface area contributed by atoms with E-state index >= 15 is 0 Å². The maximum absolute atomic E-state index is 13.4. The first-order valence-corrected chi connectivity index (χ1v) is 17.0. The molecule has 1 atom stereocenters. The second kappa shape index (κ2) is 13.2. The van der Waals surface area contributed by atoms with Gasteiger partial charge in [0, 0.05) is 30.3 Å². The molecule has 0 saturated heterocycles. The number of aromatic hydroxyl groups is 2. The zero-order valence-electron chi connectivity index (χ0n) is 25.3. The number of carbonyl (C=O) groups excluding carboxylic acids is 1. The van der Waals surface area contributed by atoms with Gasteiger partial charge in [0.1, 0.15) is 17.3 Å². The van der Waals surface area contributed by atoms with Crippen molar-refractivity contribution in [2.75, 3.05) is 13.1 Å². The van der Waals surface area contributed by atoms with Crippen molar-refractivity contribution in [3.63, 3.8) is 0 Å². The summed E-state index contributed by atoms with van der Waals surface area (Å²) in [5.41, 5.74) is 2.79. The largest absolute Gasteiger partial charge is 0.508 e. The van der Waals surface area contributed by atoms with Gasteiger partial charge in [-0.05, 0) is 97.9 Å². The van der Waals surface area contributed by atoms with Crippen LogP contribution in [0.5, 0.6) is 11.5 Å². The lowest BCUT2D eigenvalue weighted by molar-refractivity contribution is 0.0954. The molecular formula is C33H45FN2O4Si. The summed E-state index contributed by atoms with van der Waals surface area (Å²) in [7, 11) is -2.18. The Labute approximate surface area is 245 Å². The van der Waals surface area contributed by atoms with Crippen LogP contribution in [0.15, 0.2) is 66.7 Å². The molecule has 3 aromatic carbocycles. The van der Waals surface area contributed by atoms with E-state index in [0.717, 1.165) is 11.1 Å². The third kappa shape index (κ3) is 9.69. The number of phenols is 2. The van der Waals surface area contributed by atoms with Gasteiger partial charge in [0.05, 0.1) is 6.10 Å². The molecule has 0 aromatic heterocycles. The van der Waals surface area contributed by atoms with Crippen molar-refractivity contribution in [3.8, 4) is 11.5 Å². The summed E-state index contributed by atoms with van der Waals surface area (Å²) in [6.07, 6.45) is 0.841. The second-order valence-electron chi connectivity index (χ2n) is 12.9. The van der Waals surface area contributed by atoms with E-state index in [0.29, 0.717) is 37.1 Å². The molecule has 1 amide bonds. The summed E-state index contributed by atoms with van der Waals surface area (Å²) >= 11 is 0. The van der Waals surface area contributed by atoms with E-state index in [2.05, 4.69) is 58.3 Å². The maximum Gasteiger partial charge on any atom is 0.251 e. The minimum Gasteiger partial charge on any atom is -0.508 e. The van der Waals surface area contributed by atoms with Crippen LogP contribution in [0.1, 0.15) is 67.8 Å². The maximum atomic E-state index is 13.4. The molecule has 0 heterocycles. The molecule has 0 saturated carbocycles. The molecule has 1 unspecified atom stereocenters. The number of benzene rings is 3. The Bertz CT molecular complexity index is 1320. The van der Waals surface area contributed by atoms with E-state index in [-0.39, 0.29) is 39.9 Å². The SMILES string of the molecule is CC(C)(Cc1cccc(C(=O)NCCc2cccc(F)c2)c1)NCC(O[Si](C)(C)C(C)(C)C)c1cc(O)cc(O)c1. The highest BCUT2D eigenvalue weighted by molar-refractivity contribution is 6.74. The molecule has 41 heavy (non-hydrogen) atoms. The van der Waals surface area contributed by atoms with Gasteiger partial charge in [-0.2, -0.15) is 0 Å². The molecule has 0 aliphatic carbocycles. The number of phenolic OH excluding ortho intramolecular Hbond substituents is 2. The summed E-state index contributed by atoms with van der Waals surface area (Å²) in [5.74, 6) is -0.459. The molecule has 0 aliphatic rings. The number of hydrogen-bond donors (Lipinski definition) is 4. The minimum absolute atomic E-state index is 0.00545. The summed E-state index contributed by atoms with van der Waals surface area (Å²) < 4.78 is 20.2. The smallest absolute Gasteiger partial charge is 0.251 e. The number of nitrogens with one attached hydrogen (secondary N) is 2. The fourth-order valence-electron chi connectivity index (χ4n) is 4.44. The van der Waals surface area contributed by atoms with E-state index in [4.69, 9.17) is 4.43 Å². The van der Waals surface area contributed by atoms with Gasteiger partial charge in [-0.15, -0.1) is 0 Å². The molecule has 0 fully saturated rings. The van der Waals surface area contributed by atoms with E-state index < -0.39 is 8.32 Å². The first-order chi connectivity index (χ1) is 19.0. The normalized spacial score (nSPS) is 13.2. The minimum atomic E-state index is -2.18. The second-order valence-corrected chi connectivity index (χ2v) is 17.7. The van der Waals surface area contributed by atoms with Gasteiger partial charge in [-0.3, -0.25) is 4.79 Å². The van der Waals surface area contributed by atoms with Gasteiger partial charge in [-0.25, -0.2) is 4.39 Å². The number of rotatable bonds is 12. The van der Waals surface area contributed by atoms with E-state index in [1.165, 1.54) is 18.2 Å². The molecule has 3 aromatic rings. The zero-order chi connectivity index (χ0) is 30.4. The van der Waals surface area contributed by atoms with Crippen molar-refractivity contribution in [1.29, 1.82) is 0 Å². The average molecular weight is 581 g/mol. The Balaban J connectivity index is 1.67. The molecule has 8 heteroatoms. The van der Waals surface area contributed by atoms with Crippen LogP contribution in [0.2, 0.25) is 18.1 Å². The first kappa shape index (κ1) is 32.3. The summed E-state index contributed by atoms with van der Waals surface area (Å²) in [4.78, 5) is 12.8. The van der Waals surface area contributed by atoms with Gasteiger partial charge < -0.3 is 25.3 Å². The Morgan fingerprint density at radius 3 is 2.20 bits per heavy atom. The van der Waals surface area contributed by atoms with Crippen molar-refractivity contribution >= 4 is 14.2 Å². The molecule has 0 spiro atoms. The topological polar surface area (TPSA) is 90.8 Å².